The maximum absolute atomic E-state index is 3.35. The highest BCUT2D eigenvalue weighted by Crippen LogP contribution is 2.29. The van der Waals surface area contributed by atoms with Crippen molar-refractivity contribution in [3.8, 4) is 0 Å². The van der Waals surface area contributed by atoms with Gasteiger partial charge in [-0.15, -0.1) is 0 Å². The Labute approximate surface area is 256 Å². The lowest BCUT2D eigenvalue weighted by atomic mass is 9.84. The molecule has 0 aliphatic heterocycles. The normalized spacial score (nSPS) is 13.0. The number of unbranched alkanes of at least 4 members (excludes halogenated alkanes) is 21. The summed E-state index contributed by atoms with van der Waals surface area (Å²) in [5.74, 6) is 0.712. The monoisotopic (exact) mass is 566 g/mol. The molecule has 0 aliphatic rings. The van der Waals surface area contributed by atoms with E-state index in [-0.39, 0.29) is 0 Å². The van der Waals surface area contributed by atoms with Gasteiger partial charge in [0.25, 0.3) is 0 Å². The first-order chi connectivity index (χ1) is 20.3. The van der Waals surface area contributed by atoms with Gasteiger partial charge in [-0.3, -0.25) is 4.98 Å². The quantitative estimate of drug-likeness (QED) is 0.0747. The Hall–Kier alpha value is -1.57. The third kappa shape index (κ3) is 18.6. The van der Waals surface area contributed by atoms with Gasteiger partial charge in [0.1, 0.15) is 18.4 Å². The number of nitrogens with zero attached hydrogens (tertiary/aromatic N) is 1. The number of aromatic amines is 1. The van der Waals surface area contributed by atoms with E-state index in [1.165, 1.54) is 173 Å². The van der Waals surface area contributed by atoms with Gasteiger partial charge in [0.2, 0.25) is 6.33 Å². The van der Waals surface area contributed by atoms with Crippen LogP contribution in [0.3, 0.4) is 0 Å². The number of aromatic nitrogens is 2. The van der Waals surface area contributed by atoms with Gasteiger partial charge in [-0.2, -0.15) is 0 Å². The van der Waals surface area contributed by atoms with Gasteiger partial charge < -0.3 is 0 Å². The van der Waals surface area contributed by atoms with E-state index < -0.39 is 0 Å². The molecular formula is C39H69N2+. The van der Waals surface area contributed by atoms with Crippen molar-refractivity contribution in [2.24, 2.45) is 5.92 Å². The van der Waals surface area contributed by atoms with Crippen LogP contribution in [0.15, 0.2) is 49.1 Å². The minimum Gasteiger partial charge on any atom is -0.250 e. The van der Waals surface area contributed by atoms with E-state index in [1.54, 1.807) is 0 Å². The van der Waals surface area contributed by atoms with Crippen LogP contribution in [-0.2, 0) is 6.42 Å². The molecule has 0 bridgehead atoms. The van der Waals surface area contributed by atoms with Crippen molar-refractivity contribution in [2.45, 2.75) is 187 Å². The highest BCUT2D eigenvalue weighted by atomic mass is 15.1. The molecule has 0 radical (unpaired) electrons. The molecular weight excluding hydrogens is 496 g/mol. The largest absolute Gasteiger partial charge is 0.250 e. The molecule has 2 aromatic rings. The van der Waals surface area contributed by atoms with Crippen LogP contribution in [0, 0.1) is 5.92 Å². The molecule has 1 aromatic carbocycles. The standard InChI is InChI=1S/C39H68N2/c1-3-5-7-9-11-13-15-17-19-21-23-28-32-39(41-34-33-40-36-41)38(35-37-29-25-24-26-30-37)31-27-22-20-18-16-14-12-10-8-6-4-2/h24-26,29-30,33-34,36,38-39H,3-23,27-28,31-32,35H2,1-2H3/p+1. The van der Waals surface area contributed by atoms with Crippen LogP contribution in [0.2, 0.25) is 0 Å². The molecule has 0 aliphatic carbocycles. The van der Waals surface area contributed by atoms with Crippen molar-refractivity contribution in [3.05, 3.63) is 54.6 Å². The van der Waals surface area contributed by atoms with E-state index >= 15 is 0 Å². The number of benzene rings is 1. The van der Waals surface area contributed by atoms with Crippen molar-refractivity contribution < 1.29 is 4.57 Å². The summed E-state index contributed by atoms with van der Waals surface area (Å²) in [6.45, 7) is 4.62. The van der Waals surface area contributed by atoms with Crippen LogP contribution in [-0.4, -0.2) is 4.98 Å². The molecule has 0 saturated carbocycles. The molecule has 1 aromatic heterocycles. The Morgan fingerprint density at radius 2 is 0.976 bits per heavy atom. The summed E-state index contributed by atoms with van der Waals surface area (Å²) in [4.78, 5) is 3.35. The van der Waals surface area contributed by atoms with E-state index in [0.717, 1.165) is 0 Å². The maximum Gasteiger partial charge on any atom is 0.241 e. The topological polar surface area (TPSA) is 19.7 Å². The van der Waals surface area contributed by atoms with Gasteiger partial charge in [-0.25, -0.2) is 4.57 Å². The van der Waals surface area contributed by atoms with Crippen molar-refractivity contribution in [1.29, 1.82) is 0 Å². The molecule has 2 unspecified atom stereocenters. The molecule has 0 saturated heterocycles. The fraction of sp³-hybridized carbons (Fsp3) is 0.769. The number of rotatable bonds is 29. The van der Waals surface area contributed by atoms with Gasteiger partial charge in [0.15, 0.2) is 0 Å². The smallest absolute Gasteiger partial charge is 0.241 e. The second-order valence-electron chi connectivity index (χ2n) is 13.1. The van der Waals surface area contributed by atoms with E-state index in [2.05, 4.69) is 72.5 Å². The Morgan fingerprint density at radius 1 is 0.537 bits per heavy atom. The molecule has 2 nitrogen and oxygen atoms in total. The zero-order valence-electron chi connectivity index (χ0n) is 27.6. The highest BCUT2D eigenvalue weighted by molar-refractivity contribution is 5.15. The number of imidazole rings is 1. The van der Waals surface area contributed by atoms with E-state index in [9.17, 15) is 0 Å². The highest BCUT2D eigenvalue weighted by Gasteiger charge is 2.26. The summed E-state index contributed by atoms with van der Waals surface area (Å²) in [6, 6.07) is 11.9. The average Bonchev–Trinajstić information content (AvgIpc) is 3.53. The maximum atomic E-state index is 3.35. The van der Waals surface area contributed by atoms with E-state index in [0.29, 0.717) is 12.0 Å². The molecule has 0 spiro atoms. The third-order valence-electron chi connectivity index (χ3n) is 9.37. The lowest BCUT2D eigenvalue weighted by Gasteiger charge is -2.25. The van der Waals surface area contributed by atoms with Crippen LogP contribution >= 0.6 is 0 Å². The molecule has 2 rings (SSSR count). The zero-order chi connectivity index (χ0) is 29.1. The minimum atomic E-state index is 0.604. The van der Waals surface area contributed by atoms with E-state index in [1.807, 2.05) is 0 Å². The van der Waals surface area contributed by atoms with Crippen molar-refractivity contribution in [2.75, 3.05) is 0 Å². The van der Waals surface area contributed by atoms with Gasteiger partial charge in [0.05, 0.1) is 0 Å². The lowest BCUT2D eigenvalue weighted by molar-refractivity contribution is -0.730. The zero-order valence-corrected chi connectivity index (χ0v) is 27.6. The summed E-state index contributed by atoms with van der Waals surface area (Å²) in [5, 5.41) is 0. The van der Waals surface area contributed by atoms with Crippen LogP contribution in [0.25, 0.3) is 0 Å². The molecule has 0 fully saturated rings. The summed E-state index contributed by atoms with van der Waals surface area (Å²) in [6.07, 6.45) is 43.2. The molecule has 41 heavy (non-hydrogen) atoms. The van der Waals surface area contributed by atoms with Crippen LogP contribution in [0.1, 0.15) is 186 Å². The van der Waals surface area contributed by atoms with E-state index in [4.69, 9.17) is 0 Å². The number of nitrogens with one attached hydrogen (secondary N) is 1. The molecule has 0 amide bonds. The Kier molecular flexibility index (Phi) is 22.7. The first-order valence-corrected chi connectivity index (χ1v) is 18.4. The second-order valence-corrected chi connectivity index (χ2v) is 13.1. The predicted octanol–water partition coefficient (Wildman–Crippen LogP) is 12.5. The Morgan fingerprint density at radius 3 is 1.41 bits per heavy atom. The second kappa shape index (κ2) is 26.1. The van der Waals surface area contributed by atoms with Crippen LogP contribution in [0.4, 0.5) is 0 Å². The van der Waals surface area contributed by atoms with Crippen molar-refractivity contribution in [1.82, 2.24) is 4.98 Å². The number of hydrogen-bond acceptors (Lipinski definition) is 0. The van der Waals surface area contributed by atoms with Crippen LogP contribution < -0.4 is 4.57 Å². The SMILES string of the molecule is CCCCCCCCCCCCCCC(C(CCCCCCCCCCCCC)Cc1ccccc1)[n+]1cc[nH]c1. The molecule has 2 atom stereocenters. The third-order valence-corrected chi connectivity index (χ3v) is 9.37. The predicted molar refractivity (Wildman–Crippen MR) is 180 cm³/mol. The average molecular weight is 566 g/mol. The minimum absolute atomic E-state index is 0.604. The van der Waals surface area contributed by atoms with Crippen molar-refractivity contribution >= 4 is 0 Å². The van der Waals surface area contributed by atoms with Gasteiger partial charge in [-0.05, 0) is 31.2 Å². The first kappa shape index (κ1) is 35.6. The molecule has 1 N–H and O–H groups in total. The Bertz CT molecular complexity index is 768. The van der Waals surface area contributed by atoms with Gasteiger partial charge in [-0.1, -0.05) is 185 Å². The molecule has 234 valence electrons. The molecule has 2 heteroatoms. The molecule has 1 heterocycles. The Balaban J connectivity index is 1.73. The first-order valence-electron chi connectivity index (χ1n) is 18.4. The lowest BCUT2D eigenvalue weighted by Crippen LogP contribution is -2.42. The van der Waals surface area contributed by atoms with Gasteiger partial charge >= 0.3 is 0 Å². The summed E-state index contributed by atoms with van der Waals surface area (Å²) in [5.41, 5.74) is 1.51. The fourth-order valence-corrected chi connectivity index (χ4v) is 6.75. The number of hydrogen-bond donors (Lipinski definition) is 1. The summed E-state index contributed by atoms with van der Waals surface area (Å²) in [7, 11) is 0. The van der Waals surface area contributed by atoms with Crippen LogP contribution in [0.5, 0.6) is 0 Å². The fourth-order valence-electron chi connectivity index (χ4n) is 6.75. The van der Waals surface area contributed by atoms with Gasteiger partial charge in [0, 0.05) is 5.92 Å². The summed E-state index contributed by atoms with van der Waals surface area (Å²) < 4.78 is 2.50. The summed E-state index contributed by atoms with van der Waals surface area (Å²) >= 11 is 0. The number of H-pyrrole nitrogens is 1. The van der Waals surface area contributed by atoms with Crippen molar-refractivity contribution in [3.63, 3.8) is 0 Å².